The number of hydrogen-bond acceptors (Lipinski definition) is 4. The number of nitrogens with zero attached hydrogens (tertiary/aromatic N) is 2. The molecule has 112 valence electrons. The Morgan fingerprint density at radius 2 is 2.05 bits per heavy atom. The molecule has 1 aromatic carbocycles. The zero-order valence-electron chi connectivity index (χ0n) is 11.7. The lowest BCUT2D eigenvalue weighted by Gasteiger charge is -2.15. The fourth-order valence-electron chi connectivity index (χ4n) is 2.08. The average molecular weight is 327 g/mol. The van der Waals surface area contributed by atoms with Crippen LogP contribution < -0.4 is 0 Å². The van der Waals surface area contributed by atoms with Crippen molar-refractivity contribution >= 4 is 33.2 Å². The number of amides is 1. The van der Waals surface area contributed by atoms with E-state index < -0.39 is 21.8 Å². The molecule has 1 amide bonds. The van der Waals surface area contributed by atoms with Crippen molar-refractivity contribution in [2.24, 2.45) is 11.0 Å². The van der Waals surface area contributed by atoms with E-state index in [4.69, 9.17) is 11.6 Å². The molecule has 1 heterocycles. The SMILES string of the molecule is C=C(C)CC1C(=O)N(S(=O)(=O)c2ccccc2Cl)N=C1C. The Morgan fingerprint density at radius 3 is 2.62 bits per heavy atom. The lowest BCUT2D eigenvalue weighted by molar-refractivity contribution is -0.127. The van der Waals surface area contributed by atoms with Crippen molar-refractivity contribution in [2.75, 3.05) is 0 Å². The first-order valence-electron chi connectivity index (χ1n) is 6.28. The summed E-state index contributed by atoms with van der Waals surface area (Å²) in [5.74, 6) is -1.16. The van der Waals surface area contributed by atoms with Crippen LogP contribution in [0.3, 0.4) is 0 Å². The highest BCUT2D eigenvalue weighted by atomic mass is 35.5. The summed E-state index contributed by atoms with van der Waals surface area (Å²) in [6, 6.07) is 5.96. The van der Waals surface area contributed by atoms with Crippen molar-refractivity contribution in [2.45, 2.75) is 25.2 Å². The molecule has 0 aromatic heterocycles. The van der Waals surface area contributed by atoms with Crippen LogP contribution in [0.4, 0.5) is 0 Å². The molecule has 21 heavy (non-hydrogen) atoms. The number of carbonyl (C=O) groups is 1. The van der Waals surface area contributed by atoms with Gasteiger partial charge in [-0.1, -0.05) is 29.3 Å². The maximum absolute atomic E-state index is 12.5. The fourth-order valence-corrected chi connectivity index (χ4v) is 3.86. The lowest BCUT2D eigenvalue weighted by atomic mass is 9.97. The van der Waals surface area contributed by atoms with E-state index in [1.807, 2.05) is 0 Å². The molecule has 0 spiro atoms. The molecule has 1 aromatic rings. The minimum atomic E-state index is -4.09. The van der Waals surface area contributed by atoms with E-state index in [-0.39, 0.29) is 9.92 Å². The second-order valence-corrected chi connectivity index (χ2v) is 7.11. The molecule has 5 nitrogen and oxygen atoms in total. The Kier molecular flexibility index (Phi) is 4.20. The van der Waals surface area contributed by atoms with Gasteiger partial charge in [-0.3, -0.25) is 4.79 Å². The smallest absolute Gasteiger partial charge is 0.271 e. The molecular weight excluding hydrogens is 312 g/mol. The van der Waals surface area contributed by atoms with Gasteiger partial charge in [-0.15, -0.1) is 11.0 Å². The quantitative estimate of drug-likeness (QED) is 0.799. The highest BCUT2D eigenvalue weighted by Crippen LogP contribution is 2.30. The van der Waals surface area contributed by atoms with E-state index >= 15 is 0 Å². The molecular formula is C14H15ClN2O3S. The number of allylic oxidation sites excluding steroid dienone is 1. The van der Waals surface area contributed by atoms with Crippen LogP contribution >= 0.6 is 11.6 Å². The fraction of sp³-hybridized carbons (Fsp3) is 0.286. The summed E-state index contributed by atoms with van der Waals surface area (Å²) < 4.78 is 25.6. The van der Waals surface area contributed by atoms with E-state index in [1.54, 1.807) is 26.0 Å². The van der Waals surface area contributed by atoms with E-state index in [0.29, 0.717) is 16.5 Å². The maximum atomic E-state index is 12.5. The second kappa shape index (κ2) is 5.61. The van der Waals surface area contributed by atoms with Gasteiger partial charge >= 0.3 is 0 Å². The number of halogens is 1. The summed E-state index contributed by atoms with van der Waals surface area (Å²) in [5.41, 5.74) is 1.25. The van der Waals surface area contributed by atoms with Crippen LogP contribution in [0.1, 0.15) is 20.3 Å². The average Bonchev–Trinajstić information content (AvgIpc) is 2.67. The first-order chi connectivity index (χ1) is 9.75. The summed E-state index contributed by atoms with van der Waals surface area (Å²) in [5, 5.41) is 3.96. The van der Waals surface area contributed by atoms with Crippen molar-refractivity contribution in [3.05, 3.63) is 41.4 Å². The summed E-state index contributed by atoms with van der Waals surface area (Å²) in [4.78, 5) is 12.2. The molecule has 2 rings (SSSR count). The molecule has 0 saturated heterocycles. The van der Waals surface area contributed by atoms with Gasteiger partial charge in [-0.25, -0.2) is 0 Å². The van der Waals surface area contributed by atoms with Crippen LogP contribution in [0.5, 0.6) is 0 Å². The molecule has 1 atom stereocenters. The highest BCUT2D eigenvalue weighted by molar-refractivity contribution is 7.89. The Morgan fingerprint density at radius 1 is 1.43 bits per heavy atom. The molecule has 1 unspecified atom stereocenters. The standard InChI is InChI=1S/C14H15ClN2O3S/c1-9(2)8-11-10(3)16-17(14(11)18)21(19,20)13-7-5-4-6-12(13)15/h4-7,11H,1,8H2,2-3H3. The predicted octanol–water partition coefficient (Wildman–Crippen LogP) is 2.83. The van der Waals surface area contributed by atoms with Crippen LogP contribution in [0.2, 0.25) is 5.02 Å². The zero-order valence-corrected chi connectivity index (χ0v) is 13.3. The number of hydrazone groups is 1. The van der Waals surface area contributed by atoms with Crippen LogP contribution in [-0.2, 0) is 14.8 Å². The summed E-state index contributed by atoms with van der Waals surface area (Å²) >= 11 is 5.91. The van der Waals surface area contributed by atoms with E-state index in [9.17, 15) is 13.2 Å². The molecule has 0 fully saturated rings. The number of sulfonamides is 1. The largest absolute Gasteiger partial charge is 0.287 e. The molecule has 0 saturated carbocycles. The van der Waals surface area contributed by atoms with Gasteiger partial charge in [-0.05, 0) is 32.4 Å². The first kappa shape index (κ1) is 15.7. The van der Waals surface area contributed by atoms with Crippen molar-refractivity contribution in [3.8, 4) is 0 Å². The molecule has 0 bridgehead atoms. The highest BCUT2D eigenvalue weighted by Gasteiger charge is 2.41. The summed E-state index contributed by atoms with van der Waals surface area (Å²) in [7, 11) is -4.09. The monoisotopic (exact) mass is 326 g/mol. The first-order valence-corrected chi connectivity index (χ1v) is 8.10. The van der Waals surface area contributed by atoms with Crippen LogP contribution in [0, 0.1) is 5.92 Å². The van der Waals surface area contributed by atoms with Gasteiger partial charge in [0.25, 0.3) is 15.9 Å². The Bertz CT molecular complexity index is 740. The van der Waals surface area contributed by atoms with Gasteiger partial charge in [0.2, 0.25) is 0 Å². The third kappa shape index (κ3) is 2.87. The van der Waals surface area contributed by atoms with E-state index in [0.717, 1.165) is 5.57 Å². The molecule has 1 aliphatic heterocycles. The lowest BCUT2D eigenvalue weighted by Crippen LogP contribution is -2.32. The Hall–Kier alpha value is -1.66. The van der Waals surface area contributed by atoms with Crippen LogP contribution in [0.25, 0.3) is 0 Å². The number of hydrogen-bond donors (Lipinski definition) is 0. The molecule has 0 N–H and O–H groups in total. The molecule has 0 radical (unpaired) electrons. The van der Waals surface area contributed by atoms with E-state index in [2.05, 4.69) is 11.7 Å². The Balaban J connectivity index is 2.42. The topological polar surface area (TPSA) is 66.8 Å². The predicted molar refractivity (Wildman–Crippen MR) is 81.5 cm³/mol. The number of benzene rings is 1. The van der Waals surface area contributed by atoms with Crippen molar-refractivity contribution < 1.29 is 13.2 Å². The van der Waals surface area contributed by atoms with Crippen molar-refractivity contribution in [1.82, 2.24) is 4.41 Å². The van der Waals surface area contributed by atoms with Crippen molar-refractivity contribution in [3.63, 3.8) is 0 Å². The zero-order chi connectivity index (χ0) is 15.8. The van der Waals surface area contributed by atoms with Crippen LogP contribution in [-0.4, -0.2) is 24.5 Å². The summed E-state index contributed by atoms with van der Waals surface area (Å²) in [6.07, 6.45) is 0.378. The molecule has 0 aliphatic carbocycles. The number of rotatable bonds is 4. The minimum Gasteiger partial charge on any atom is -0.271 e. The van der Waals surface area contributed by atoms with Gasteiger partial charge < -0.3 is 0 Å². The second-order valence-electron chi connectivity index (χ2n) is 4.97. The number of carbonyl (C=O) groups excluding carboxylic acids is 1. The van der Waals surface area contributed by atoms with Gasteiger partial charge in [0.1, 0.15) is 4.90 Å². The normalized spacial score (nSPS) is 18.8. The minimum absolute atomic E-state index is 0.0569. The molecule has 1 aliphatic rings. The van der Waals surface area contributed by atoms with E-state index in [1.165, 1.54) is 12.1 Å². The Labute approximate surface area is 129 Å². The third-order valence-electron chi connectivity index (χ3n) is 3.13. The van der Waals surface area contributed by atoms with Crippen LogP contribution in [0.15, 0.2) is 46.4 Å². The van der Waals surface area contributed by atoms with Gasteiger partial charge in [0.15, 0.2) is 0 Å². The third-order valence-corrected chi connectivity index (χ3v) is 5.20. The van der Waals surface area contributed by atoms with Gasteiger partial charge in [0.05, 0.1) is 10.9 Å². The molecule has 7 heteroatoms. The maximum Gasteiger partial charge on any atom is 0.287 e. The van der Waals surface area contributed by atoms with Gasteiger partial charge in [0, 0.05) is 5.71 Å². The van der Waals surface area contributed by atoms with Gasteiger partial charge in [-0.2, -0.15) is 13.5 Å². The van der Waals surface area contributed by atoms with Crippen molar-refractivity contribution in [1.29, 1.82) is 0 Å². The summed E-state index contributed by atoms with van der Waals surface area (Å²) in [6.45, 7) is 7.17.